The van der Waals surface area contributed by atoms with Crippen LogP contribution in [0, 0.1) is 0 Å². The van der Waals surface area contributed by atoms with Crippen molar-refractivity contribution in [3.8, 4) is 0 Å². The van der Waals surface area contributed by atoms with Crippen LogP contribution in [0.3, 0.4) is 0 Å². The molecule has 0 aromatic rings. The Hall–Kier alpha value is -1.06. The number of hydrogen-bond acceptors (Lipinski definition) is 2. The first-order chi connectivity index (χ1) is 7.52. The van der Waals surface area contributed by atoms with Gasteiger partial charge >= 0.3 is 0 Å². The summed E-state index contributed by atoms with van der Waals surface area (Å²) in [6, 6.07) is -0.518. The first kappa shape index (κ1) is 13.0. The molecule has 0 aromatic heterocycles. The van der Waals surface area contributed by atoms with E-state index < -0.39 is 0 Å². The third-order valence-corrected chi connectivity index (χ3v) is 3.25. The number of rotatable bonds is 4. The molecule has 1 saturated heterocycles. The number of amides is 2. The summed E-state index contributed by atoms with van der Waals surface area (Å²) in [6.45, 7) is 7.83. The molecule has 1 heterocycles. The zero-order valence-corrected chi connectivity index (χ0v) is 10.6. The minimum atomic E-state index is -0.380. The summed E-state index contributed by atoms with van der Waals surface area (Å²) in [5.74, 6) is 0.0432. The van der Waals surface area contributed by atoms with Gasteiger partial charge in [-0.05, 0) is 26.7 Å². The van der Waals surface area contributed by atoms with E-state index in [-0.39, 0.29) is 29.9 Å². The van der Waals surface area contributed by atoms with Crippen LogP contribution in [0.2, 0.25) is 0 Å². The van der Waals surface area contributed by atoms with E-state index in [2.05, 4.69) is 5.32 Å². The molecular weight excluding hydrogens is 204 g/mol. The number of piperazine rings is 1. The van der Waals surface area contributed by atoms with E-state index in [0.29, 0.717) is 0 Å². The Morgan fingerprint density at radius 2 is 2.00 bits per heavy atom. The molecule has 3 unspecified atom stereocenters. The maximum absolute atomic E-state index is 12.1. The molecule has 1 N–H and O–H groups in total. The van der Waals surface area contributed by atoms with E-state index >= 15 is 0 Å². The standard InChI is InChI=1S/C12H22N2O2/c1-5-7-10-11(15)13-9(4)12(16)14(10)8(3)6-2/h8-10H,5-7H2,1-4H3,(H,13,15). The average Bonchev–Trinajstić information content (AvgIpc) is 2.25. The predicted octanol–water partition coefficient (Wildman–Crippen LogP) is 1.30. The van der Waals surface area contributed by atoms with E-state index in [1.165, 1.54) is 0 Å². The van der Waals surface area contributed by atoms with Gasteiger partial charge in [0.15, 0.2) is 0 Å². The summed E-state index contributed by atoms with van der Waals surface area (Å²) in [7, 11) is 0. The molecule has 0 saturated carbocycles. The number of nitrogens with zero attached hydrogens (tertiary/aromatic N) is 1. The van der Waals surface area contributed by atoms with Crippen molar-refractivity contribution < 1.29 is 9.59 Å². The van der Waals surface area contributed by atoms with Gasteiger partial charge in [0.1, 0.15) is 12.1 Å². The van der Waals surface area contributed by atoms with E-state index in [0.717, 1.165) is 19.3 Å². The summed E-state index contributed by atoms with van der Waals surface area (Å²) >= 11 is 0. The Labute approximate surface area is 97.4 Å². The second kappa shape index (κ2) is 5.32. The summed E-state index contributed by atoms with van der Waals surface area (Å²) in [5, 5.41) is 2.74. The van der Waals surface area contributed by atoms with Gasteiger partial charge in [0.25, 0.3) is 0 Å². The molecule has 1 aliphatic rings. The van der Waals surface area contributed by atoms with Gasteiger partial charge in [-0.2, -0.15) is 0 Å². The molecule has 1 fully saturated rings. The van der Waals surface area contributed by atoms with Gasteiger partial charge in [0, 0.05) is 6.04 Å². The smallest absolute Gasteiger partial charge is 0.245 e. The van der Waals surface area contributed by atoms with Crippen LogP contribution >= 0.6 is 0 Å². The first-order valence-electron chi connectivity index (χ1n) is 6.15. The maximum atomic E-state index is 12.1. The maximum Gasteiger partial charge on any atom is 0.245 e. The van der Waals surface area contributed by atoms with Crippen LogP contribution in [-0.2, 0) is 9.59 Å². The lowest BCUT2D eigenvalue weighted by molar-refractivity contribution is -0.151. The van der Waals surface area contributed by atoms with Crippen LogP contribution in [0.15, 0.2) is 0 Å². The van der Waals surface area contributed by atoms with Gasteiger partial charge in [-0.25, -0.2) is 0 Å². The molecular formula is C12H22N2O2. The SMILES string of the molecule is CCCC1C(=O)NC(C)C(=O)N1C(C)CC. The summed E-state index contributed by atoms with van der Waals surface area (Å²) in [6.07, 6.45) is 2.53. The third-order valence-electron chi connectivity index (χ3n) is 3.25. The van der Waals surface area contributed by atoms with Crippen LogP contribution < -0.4 is 5.32 Å². The molecule has 0 spiro atoms. The zero-order chi connectivity index (χ0) is 12.3. The van der Waals surface area contributed by atoms with Crippen molar-refractivity contribution in [1.29, 1.82) is 0 Å². The molecule has 0 radical (unpaired) electrons. The van der Waals surface area contributed by atoms with Crippen LogP contribution in [-0.4, -0.2) is 34.8 Å². The van der Waals surface area contributed by atoms with Gasteiger partial charge in [-0.1, -0.05) is 20.3 Å². The lowest BCUT2D eigenvalue weighted by Gasteiger charge is -2.41. The molecule has 1 rings (SSSR count). The molecule has 4 heteroatoms. The lowest BCUT2D eigenvalue weighted by Crippen LogP contribution is -2.64. The van der Waals surface area contributed by atoms with Crippen molar-refractivity contribution in [2.45, 2.75) is 65.1 Å². The molecule has 92 valence electrons. The van der Waals surface area contributed by atoms with Gasteiger partial charge in [0.2, 0.25) is 11.8 Å². The number of hydrogen-bond donors (Lipinski definition) is 1. The van der Waals surface area contributed by atoms with Crippen LogP contribution in [0.25, 0.3) is 0 Å². The van der Waals surface area contributed by atoms with Crippen molar-refractivity contribution in [3.05, 3.63) is 0 Å². The summed E-state index contributed by atoms with van der Waals surface area (Å²) < 4.78 is 0. The molecule has 4 nitrogen and oxygen atoms in total. The summed E-state index contributed by atoms with van der Waals surface area (Å²) in [5.41, 5.74) is 0. The molecule has 3 atom stereocenters. The highest BCUT2D eigenvalue weighted by Crippen LogP contribution is 2.19. The second-order valence-corrected chi connectivity index (χ2v) is 4.54. The molecule has 2 amide bonds. The van der Waals surface area contributed by atoms with Gasteiger partial charge in [0.05, 0.1) is 0 Å². The fourth-order valence-corrected chi connectivity index (χ4v) is 2.14. The first-order valence-corrected chi connectivity index (χ1v) is 6.15. The zero-order valence-electron chi connectivity index (χ0n) is 10.6. The van der Waals surface area contributed by atoms with Crippen LogP contribution in [0.5, 0.6) is 0 Å². The quantitative estimate of drug-likeness (QED) is 0.785. The van der Waals surface area contributed by atoms with E-state index in [1.54, 1.807) is 11.8 Å². The van der Waals surface area contributed by atoms with E-state index in [4.69, 9.17) is 0 Å². The molecule has 0 bridgehead atoms. The Balaban J connectivity index is 2.92. The molecule has 1 aliphatic heterocycles. The van der Waals surface area contributed by atoms with E-state index in [1.807, 2.05) is 20.8 Å². The summed E-state index contributed by atoms with van der Waals surface area (Å²) in [4.78, 5) is 25.7. The molecule has 16 heavy (non-hydrogen) atoms. The minimum absolute atomic E-state index is 0.00532. The van der Waals surface area contributed by atoms with Crippen molar-refractivity contribution in [2.75, 3.05) is 0 Å². The second-order valence-electron chi connectivity index (χ2n) is 4.54. The van der Waals surface area contributed by atoms with Crippen molar-refractivity contribution >= 4 is 11.8 Å². The largest absolute Gasteiger partial charge is 0.343 e. The number of nitrogens with one attached hydrogen (secondary N) is 1. The van der Waals surface area contributed by atoms with Crippen molar-refractivity contribution in [3.63, 3.8) is 0 Å². The van der Waals surface area contributed by atoms with Gasteiger partial charge < -0.3 is 10.2 Å². The van der Waals surface area contributed by atoms with Crippen LogP contribution in [0.1, 0.15) is 47.0 Å². The Morgan fingerprint density at radius 3 is 2.50 bits per heavy atom. The minimum Gasteiger partial charge on any atom is -0.343 e. The Morgan fingerprint density at radius 1 is 1.38 bits per heavy atom. The fourth-order valence-electron chi connectivity index (χ4n) is 2.14. The fraction of sp³-hybridized carbons (Fsp3) is 0.833. The number of carbonyl (C=O) groups is 2. The number of carbonyl (C=O) groups excluding carboxylic acids is 2. The highest BCUT2D eigenvalue weighted by atomic mass is 16.2. The average molecular weight is 226 g/mol. The topological polar surface area (TPSA) is 49.4 Å². The molecule has 0 aliphatic carbocycles. The normalized spacial score (nSPS) is 27.9. The van der Waals surface area contributed by atoms with Gasteiger partial charge in [-0.3, -0.25) is 9.59 Å². The van der Waals surface area contributed by atoms with Gasteiger partial charge in [-0.15, -0.1) is 0 Å². The Bertz CT molecular complexity index is 278. The van der Waals surface area contributed by atoms with E-state index in [9.17, 15) is 9.59 Å². The highest BCUT2D eigenvalue weighted by molar-refractivity contribution is 5.96. The Kier molecular flexibility index (Phi) is 4.33. The lowest BCUT2D eigenvalue weighted by atomic mass is 10.0. The van der Waals surface area contributed by atoms with Crippen LogP contribution in [0.4, 0.5) is 0 Å². The molecule has 0 aromatic carbocycles. The highest BCUT2D eigenvalue weighted by Gasteiger charge is 2.39. The van der Waals surface area contributed by atoms with Crippen molar-refractivity contribution in [2.24, 2.45) is 0 Å². The van der Waals surface area contributed by atoms with Crippen molar-refractivity contribution in [1.82, 2.24) is 10.2 Å². The third kappa shape index (κ3) is 2.36. The monoisotopic (exact) mass is 226 g/mol. The predicted molar refractivity (Wildman–Crippen MR) is 62.9 cm³/mol.